The minimum Gasteiger partial charge on any atom is -0.451 e. The van der Waals surface area contributed by atoms with Crippen LogP contribution in [0.25, 0.3) is 10.8 Å². The quantitative estimate of drug-likeness (QED) is 0.495. The Hall–Kier alpha value is -3.57. The van der Waals surface area contributed by atoms with Gasteiger partial charge in [-0.3, -0.25) is 9.59 Å². The maximum absolute atomic E-state index is 12.5. The van der Waals surface area contributed by atoms with E-state index < -0.39 is 28.5 Å². The zero-order valence-corrected chi connectivity index (χ0v) is 19.3. The van der Waals surface area contributed by atoms with Crippen LogP contribution in [0, 0.1) is 0 Å². The lowest BCUT2D eigenvalue weighted by molar-refractivity contribution is -0.119. The van der Waals surface area contributed by atoms with E-state index in [-0.39, 0.29) is 16.1 Å². The van der Waals surface area contributed by atoms with Crippen molar-refractivity contribution in [2.45, 2.75) is 18.7 Å². The molecule has 3 rings (SSSR count). The fraction of sp³-hybridized carbons (Fsp3) is 0.273. The van der Waals surface area contributed by atoms with Gasteiger partial charge in [0.2, 0.25) is 10.0 Å². The first-order valence-corrected chi connectivity index (χ1v) is 11.7. The number of carbonyl (C=O) groups excluding carboxylic acids is 2. The van der Waals surface area contributed by atoms with Crippen molar-refractivity contribution in [2.75, 3.05) is 25.0 Å². The van der Waals surface area contributed by atoms with Gasteiger partial charge in [0.05, 0.1) is 10.3 Å². The number of nitrogens with one attached hydrogen (secondary N) is 1. The van der Waals surface area contributed by atoms with Crippen LogP contribution in [0.1, 0.15) is 24.3 Å². The van der Waals surface area contributed by atoms with Crippen LogP contribution in [-0.4, -0.2) is 54.1 Å². The highest BCUT2D eigenvalue weighted by Crippen LogP contribution is 2.18. The van der Waals surface area contributed by atoms with Gasteiger partial charge in [-0.05, 0) is 30.3 Å². The molecule has 0 spiro atoms. The molecule has 0 unspecified atom stereocenters. The Kier molecular flexibility index (Phi) is 7.24. The third kappa shape index (κ3) is 5.10. The number of rotatable bonds is 8. The number of hydrogen-bond acceptors (Lipinski definition) is 7. The van der Waals surface area contributed by atoms with Crippen molar-refractivity contribution >= 4 is 38.4 Å². The Labute approximate surface area is 190 Å². The molecule has 1 aromatic heterocycles. The molecule has 11 heteroatoms. The summed E-state index contributed by atoms with van der Waals surface area (Å²) < 4.78 is 32.5. The number of nitrogens with zero attached hydrogens (tertiary/aromatic N) is 3. The molecule has 1 heterocycles. The van der Waals surface area contributed by atoms with Gasteiger partial charge in [0, 0.05) is 31.2 Å². The number of amides is 1. The normalized spacial score (nSPS) is 11.5. The van der Waals surface area contributed by atoms with Crippen LogP contribution in [0.5, 0.6) is 0 Å². The van der Waals surface area contributed by atoms with Crippen LogP contribution in [0.3, 0.4) is 0 Å². The van der Waals surface area contributed by atoms with E-state index >= 15 is 0 Å². The van der Waals surface area contributed by atoms with Crippen LogP contribution < -0.4 is 10.9 Å². The number of ether oxygens (including phenoxy) is 1. The zero-order valence-electron chi connectivity index (χ0n) is 18.4. The van der Waals surface area contributed by atoms with Gasteiger partial charge in [-0.2, -0.15) is 9.40 Å². The number of esters is 1. The minimum absolute atomic E-state index is 0.0773. The highest BCUT2D eigenvalue weighted by atomic mass is 32.2. The van der Waals surface area contributed by atoms with E-state index in [4.69, 9.17) is 4.74 Å². The van der Waals surface area contributed by atoms with Crippen LogP contribution >= 0.6 is 0 Å². The number of anilines is 1. The summed E-state index contributed by atoms with van der Waals surface area (Å²) in [6.45, 7) is 3.62. The standard InChI is InChI=1S/C22H24N4O6S/c1-4-26(5-2)33(30,31)16-12-10-15(11-13-16)23-19(27)14-32-22(29)20-17-8-6-7-9-18(17)21(28)25(3)24-20/h6-13H,4-5,14H2,1-3H3,(H,23,27). The van der Waals surface area contributed by atoms with Crippen molar-refractivity contribution in [3.63, 3.8) is 0 Å². The maximum atomic E-state index is 12.5. The summed E-state index contributed by atoms with van der Waals surface area (Å²) in [5.74, 6) is -1.46. The van der Waals surface area contributed by atoms with E-state index in [0.717, 1.165) is 4.68 Å². The molecule has 0 atom stereocenters. The molecule has 174 valence electrons. The molecule has 0 saturated carbocycles. The summed E-state index contributed by atoms with van der Waals surface area (Å²) in [6, 6.07) is 12.2. The van der Waals surface area contributed by atoms with Crippen LogP contribution in [-0.2, 0) is 26.6 Å². The van der Waals surface area contributed by atoms with Crippen molar-refractivity contribution in [1.82, 2.24) is 14.1 Å². The van der Waals surface area contributed by atoms with Gasteiger partial charge in [0.15, 0.2) is 12.3 Å². The monoisotopic (exact) mass is 472 g/mol. The molecule has 0 bridgehead atoms. The number of benzene rings is 2. The Bertz CT molecular complexity index is 1350. The van der Waals surface area contributed by atoms with Gasteiger partial charge in [0.1, 0.15) is 0 Å². The van der Waals surface area contributed by atoms with E-state index in [1.54, 1.807) is 38.1 Å². The minimum atomic E-state index is -3.60. The second-order valence-electron chi connectivity index (χ2n) is 7.06. The lowest BCUT2D eigenvalue weighted by Crippen LogP contribution is -2.30. The first kappa shape index (κ1) is 24.1. The summed E-state index contributed by atoms with van der Waals surface area (Å²) in [5, 5.41) is 7.14. The number of carbonyl (C=O) groups is 2. The Morgan fingerprint density at radius 1 is 1.03 bits per heavy atom. The highest BCUT2D eigenvalue weighted by molar-refractivity contribution is 7.89. The SMILES string of the molecule is CCN(CC)S(=O)(=O)c1ccc(NC(=O)COC(=O)c2nn(C)c(=O)c3ccccc23)cc1. The van der Waals surface area contributed by atoms with Gasteiger partial charge in [-0.1, -0.05) is 32.0 Å². The first-order valence-electron chi connectivity index (χ1n) is 10.2. The van der Waals surface area contributed by atoms with Gasteiger partial charge in [0.25, 0.3) is 11.5 Å². The smallest absolute Gasteiger partial charge is 0.359 e. The summed E-state index contributed by atoms with van der Waals surface area (Å²) in [7, 11) is -2.18. The average Bonchev–Trinajstić information content (AvgIpc) is 2.81. The van der Waals surface area contributed by atoms with E-state index in [1.807, 2.05) is 0 Å². The molecule has 0 aliphatic heterocycles. The van der Waals surface area contributed by atoms with E-state index in [0.29, 0.717) is 29.5 Å². The predicted octanol–water partition coefficient (Wildman–Crippen LogP) is 1.76. The molecule has 2 aromatic carbocycles. The fourth-order valence-corrected chi connectivity index (χ4v) is 4.73. The summed E-state index contributed by atoms with van der Waals surface area (Å²) in [6.07, 6.45) is 0. The molecule has 33 heavy (non-hydrogen) atoms. The number of hydrogen-bond donors (Lipinski definition) is 1. The van der Waals surface area contributed by atoms with E-state index in [1.165, 1.54) is 35.6 Å². The van der Waals surface area contributed by atoms with Crippen molar-refractivity contribution in [2.24, 2.45) is 7.05 Å². The summed E-state index contributed by atoms with van der Waals surface area (Å²) in [4.78, 5) is 37.0. The molecule has 0 aliphatic rings. The highest BCUT2D eigenvalue weighted by Gasteiger charge is 2.22. The van der Waals surface area contributed by atoms with E-state index in [2.05, 4.69) is 10.4 Å². The molecule has 3 aromatic rings. The van der Waals surface area contributed by atoms with Crippen LogP contribution in [0.2, 0.25) is 0 Å². The summed E-state index contributed by atoms with van der Waals surface area (Å²) in [5.41, 5.74) is -0.0851. The largest absolute Gasteiger partial charge is 0.451 e. The predicted molar refractivity (Wildman–Crippen MR) is 122 cm³/mol. The van der Waals surface area contributed by atoms with Crippen LogP contribution in [0.4, 0.5) is 5.69 Å². The third-order valence-corrected chi connectivity index (χ3v) is 7.03. The topological polar surface area (TPSA) is 128 Å². The van der Waals surface area contributed by atoms with Crippen molar-refractivity contribution < 1.29 is 22.7 Å². The molecule has 1 N–H and O–H groups in total. The number of fused-ring (bicyclic) bond motifs is 1. The molecule has 0 fully saturated rings. The Morgan fingerprint density at radius 2 is 1.64 bits per heavy atom. The van der Waals surface area contributed by atoms with Gasteiger partial charge in [-0.15, -0.1) is 0 Å². The molecule has 0 aliphatic carbocycles. The van der Waals surface area contributed by atoms with Crippen molar-refractivity contribution in [1.29, 1.82) is 0 Å². The van der Waals surface area contributed by atoms with Gasteiger partial charge >= 0.3 is 5.97 Å². The first-order chi connectivity index (χ1) is 15.7. The lowest BCUT2D eigenvalue weighted by atomic mass is 10.1. The molecule has 0 radical (unpaired) electrons. The van der Waals surface area contributed by atoms with Crippen molar-refractivity contribution in [3.05, 3.63) is 64.6 Å². The Morgan fingerprint density at radius 3 is 2.24 bits per heavy atom. The molecular formula is C22H24N4O6S. The Balaban J connectivity index is 1.67. The fourth-order valence-electron chi connectivity index (χ4n) is 3.27. The molecule has 0 saturated heterocycles. The van der Waals surface area contributed by atoms with Crippen LogP contribution in [0.15, 0.2) is 58.2 Å². The van der Waals surface area contributed by atoms with Gasteiger partial charge < -0.3 is 10.1 Å². The second kappa shape index (κ2) is 9.92. The van der Waals surface area contributed by atoms with E-state index in [9.17, 15) is 22.8 Å². The second-order valence-corrected chi connectivity index (χ2v) is 9.00. The number of sulfonamides is 1. The molecular weight excluding hydrogens is 448 g/mol. The van der Waals surface area contributed by atoms with Crippen molar-refractivity contribution in [3.8, 4) is 0 Å². The molecule has 10 nitrogen and oxygen atoms in total. The third-order valence-electron chi connectivity index (χ3n) is 4.97. The zero-order chi connectivity index (χ0) is 24.2. The summed E-state index contributed by atoms with van der Waals surface area (Å²) >= 11 is 0. The number of aromatic nitrogens is 2. The number of aryl methyl sites for hydroxylation is 1. The maximum Gasteiger partial charge on any atom is 0.359 e. The lowest BCUT2D eigenvalue weighted by Gasteiger charge is -2.18. The average molecular weight is 473 g/mol. The van der Waals surface area contributed by atoms with Gasteiger partial charge in [-0.25, -0.2) is 17.9 Å². The molecule has 1 amide bonds.